The molecule has 2 aliphatic carbocycles. The molecule has 1 aromatic carbocycles. The molecule has 9 heteroatoms. The number of halogens is 3. The fourth-order valence-corrected chi connectivity index (χ4v) is 7.71. The van der Waals surface area contributed by atoms with Gasteiger partial charge < -0.3 is 4.74 Å². The summed E-state index contributed by atoms with van der Waals surface area (Å²) >= 11 is 0. The van der Waals surface area contributed by atoms with E-state index >= 15 is 0 Å². The fraction of sp³-hybridized carbons (Fsp3) is 0.588. The number of nitriles is 1. The number of ether oxygens (including phenoxy) is 1. The van der Waals surface area contributed by atoms with Crippen molar-refractivity contribution in [3.8, 4) is 6.07 Å². The molecule has 0 radical (unpaired) electrons. The van der Waals surface area contributed by atoms with Gasteiger partial charge in [0.1, 0.15) is 0 Å². The zero-order valence-electron chi connectivity index (χ0n) is 14.0. The van der Waals surface area contributed by atoms with Crippen molar-refractivity contribution in [2.24, 2.45) is 17.8 Å². The van der Waals surface area contributed by atoms with Crippen molar-refractivity contribution >= 4 is 16.5 Å². The predicted molar refractivity (Wildman–Crippen MR) is 90.6 cm³/mol. The van der Waals surface area contributed by atoms with Crippen LogP contribution in [0.2, 0.25) is 0 Å². The molecule has 2 bridgehead atoms. The number of anilines is 1. The summed E-state index contributed by atoms with van der Waals surface area (Å²) in [6.07, 6.45) is -2.98. The molecule has 1 heterocycles. The highest BCUT2D eigenvalue weighted by molar-refractivity contribution is 8.26. The monoisotopic (exact) mass is 388 g/mol. The van der Waals surface area contributed by atoms with E-state index in [0.29, 0.717) is 12.5 Å². The summed E-state index contributed by atoms with van der Waals surface area (Å²) in [6.45, 7) is 0.313. The second-order valence-electron chi connectivity index (χ2n) is 7.26. The maximum absolute atomic E-state index is 13.3. The zero-order valence-corrected chi connectivity index (χ0v) is 14.8. The molecule has 5 nitrogen and oxygen atoms in total. The first kappa shape index (κ1) is 17.9. The van der Waals surface area contributed by atoms with E-state index in [2.05, 4.69) is 0 Å². The van der Waals surface area contributed by atoms with E-state index in [9.17, 15) is 22.3 Å². The van der Waals surface area contributed by atoms with Crippen LogP contribution >= 0.6 is 10.8 Å². The molecule has 0 unspecified atom stereocenters. The third-order valence-corrected chi connectivity index (χ3v) is 8.56. The fourth-order valence-electron chi connectivity index (χ4n) is 5.07. The molecule has 0 aromatic heterocycles. The van der Waals surface area contributed by atoms with Crippen molar-refractivity contribution in [1.29, 1.82) is 5.26 Å². The Labute approximate surface area is 150 Å². The highest BCUT2D eigenvalue weighted by Gasteiger charge is 2.63. The maximum atomic E-state index is 13.3. The standard InChI is InChI=1S/C17H19F3N2O3S/c1-25-15-5-10-4-12(15)16-13(10)8-22(26(16,23)24)11-3-2-9(7-21)14(6-11)17(18,19)20/h2-3,6,10,12-13,15-16,23-24H,4-5,8H2,1H3/t10-,12+,13+,15+,16-/m1/s1. The summed E-state index contributed by atoms with van der Waals surface area (Å²) in [7, 11) is -1.66. The number of alkyl halides is 3. The summed E-state index contributed by atoms with van der Waals surface area (Å²) in [5.74, 6) is 0.360. The first-order valence-electron chi connectivity index (χ1n) is 8.37. The number of rotatable bonds is 2. The van der Waals surface area contributed by atoms with E-state index in [0.717, 1.165) is 25.0 Å². The maximum Gasteiger partial charge on any atom is 0.417 e. The topological polar surface area (TPSA) is 76.7 Å². The Balaban J connectivity index is 1.71. The van der Waals surface area contributed by atoms with Gasteiger partial charge in [-0.05, 0) is 37.0 Å². The summed E-state index contributed by atoms with van der Waals surface area (Å²) in [6, 6.07) is 4.85. The van der Waals surface area contributed by atoms with Crippen LogP contribution in [0.5, 0.6) is 0 Å². The highest BCUT2D eigenvalue weighted by Crippen LogP contribution is 2.69. The molecule has 1 saturated heterocycles. The largest absolute Gasteiger partial charge is 0.417 e. The Hall–Kier alpha value is -1.47. The van der Waals surface area contributed by atoms with Crippen LogP contribution in [0.25, 0.3) is 0 Å². The van der Waals surface area contributed by atoms with Gasteiger partial charge in [0.2, 0.25) is 0 Å². The Morgan fingerprint density at radius 2 is 2.00 bits per heavy atom. The van der Waals surface area contributed by atoms with Gasteiger partial charge in [-0.2, -0.15) is 18.4 Å². The molecule has 1 aromatic rings. The molecular formula is C17H19F3N2O3S. The lowest BCUT2D eigenvalue weighted by Crippen LogP contribution is -2.37. The Morgan fingerprint density at radius 3 is 2.62 bits per heavy atom. The van der Waals surface area contributed by atoms with E-state index in [1.165, 1.54) is 10.4 Å². The third-order valence-electron chi connectivity index (χ3n) is 6.12. The van der Waals surface area contributed by atoms with Gasteiger partial charge in [0.25, 0.3) is 0 Å². The van der Waals surface area contributed by atoms with Crippen molar-refractivity contribution in [3.05, 3.63) is 29.3 Å². The van der Waals surface area contributed by atoms with E-state index < -0.39 is 28.1 Å². The van der Waals surface area contributed by atoms with Gasteiger partial charge in [-0.1, -0.05) is 0 Å². The van der Waals surface area contributed by atoms with Gasteiger partial charge in [0.15, 0.2) is 0 Å². The van der Waals surface area contributed by atoms with Crippen LogP contribution in [0.1, 0.15) is 24.0 Å². The van der Waals surface area contributed by atoms with Gasteiger partial charge in [-0.3, -0.25) is 13.4 Å². The summed E-state index contributed by atoms with van der Waals surface area (Å²) in [4.78, 5) is 0. The third kappa shape index (κ3) is 2.43. The molecule has 5 atom stereocenters. The van der Waals surface area contributed by atoms with Crippen molar-refractivity contribution < 1.29 is 27.0 Å². The Bertz CT molecular complexity index is 779. The van der Waals surface area contributed by atoms with Gasteiger partial charge >= 0.3 is 6.18 Å². The lowest BCUT2D eigenvalue weighted by molar-refractivity contribution is -0.137. The van der Waals surface area contributed by atoms with Gasteiger partial charge in [0, 0.05) is 25.5 Å². The molecule has 4 rings (SSSR count). The highest BCUT2D eigenvalue weighted by atomic mass is 32.3. The van der Waals surface area contributed by atoms with Crippen LogP contribution in [0.3, 0.4) is 0 Å². The summed E-state index contributed by atoms with van der Waals surface area (Å²) in [5, 5.41) is 8.56. The summed E-state index contributed by atoms with van der Waals surface area (Å²) < 4.78 is 68.3. The van der Waals surface area contributed by atoms with E-state index in [-0.39, 0.29) is 28.9 Å². The summed E-state index contributed by atoms with van der Waals surface area (Å²) in [5.41, 5.74) is -1.43. The first-order valence-corrected chi connectivity index (χ1v) is 9.94. The molecule has 0 spiro atoms. The van der Waals surface area contributed by atoms with E-state index in [4.69, 9.17) is 10.00 Å². The van der Waals surface area contributed by atoms with Crippen molar-refractivity contribution in [1.82, 2.24) is 0 Å². The van der Waals surface area contributed by atoms with E-state index in [1.807, 2.05) is 0 Å². The number of hydrogen-bond donors (Lipinski definition) is 2. The molecule has 142 valence electrons. The van der Waals surface area contributed by atoms with Crippen molar-refractivity contribution in [3.63, 3.8) is 0 Å². The Morgan fingerprint density at radius 1 is 1.27 bits per heavy atom. The molecule has 1 aliphatic heterocycles. The lowest BCUT2D eigenvalue weighted by atomic mass is 9.86. The minimum atomic E-state index is -4.68. The molecule has 3 fully saturated rings. The van der Waals surface area contributed by atoms with Gasteiger partial charge in [0.05, 0.1) is 34.2 Å². The molecule has 2 saturated carbocycles. The normalized spacial score (nSPS) is 36.0. The quantitative estimate of drug-likeness (QED) is 0.798. The number of fused-ring (bicyclic) bond motifs is 5. The molecular weight excluding hydrogens is 369 g/mol. The van der Waals surface area contributed by atoms with Crippen molar-refractivity contribution in [2.45, 2.75) is 30.4 Å². The molecule has 2 N–H and O–H groups in total. The van der Waals surface area contributed by atoms with Crippen molar-refractivity contribution in [2.75, 3.05) is 18.0 Å². The number of benzene rings is 1. The van der Waals surface area contributed by atoms with Crippen LogP contribution in [-0.2, 0) is 10.9 Å². The van der Waals surface area contributed by atoms with E-state index in [1.54, 1.807) is 13.2 Å². The average Bonchev–Trinajstić information content (AvgIpc) is 3.23. The smallest absolute Gasteiger partial charge is 0.381 e. The number of methoxy groups -OCH3 is 1. The van der Waals surface area contributed by atoms with Gasteiger partial charge in [-0.25, -0.2) is 0 Å². The SMILES string of the molecule is CO[C@H]1C[C@H]2C[C@@H]1[C@@H]1[C@H]2CN(c2ccc(C#N)c(C(F)(F)F)c2)S1(O)O. The van der Waals surface area contributed by atoms with Crippen LogP contribution in [0, 0.1) is 29.1 Å². The molecule has 0 amide bonds. The second kappa shape index (κ2) is 5.76. The first-order chi connectivity index (χ1) is 12.2. The minimum Gasteiger partial charge on any atom is -0.381 e. The lowest BCUT2D eigenvalue weighted by Gasteiger charge is -2.45. The average molecular weight is 388 g/mol. The van der Waals surface area contributed by atoms with Crippen LogP contribution in [0.15, 0.2) is 18.2 Å². The Kier molecular flexibility index (Phi) is 3.97. The zero-order chi connectivity index (χ0) is 18.9. The molecule has 3 aliphatic rings. The van der Waals surface area contributed by atoms with Crippen LogP contribution in [0.4, 0.5) is 18.9 Å². The minimum absolute atomic E-state index is 0.0190. The number of nitrogens with zero attached hydrogens (tertiary/aromatic N) is 2. The molecule has 26 heavy (non-hydrogen) atoms. The second-order valence-corrected chi connectivity index (χ2v) is 9.37. The van der Waals surface area contributed by atoms with Crippen LogP contribution in [-0.4, -0.2) is 34.1 Å². The predicted octanol–water partition coefficient (Wildman–Crippen LogP) is 4.10. The van der Waals surface area contributed by atoms with Gasteiger partial charge in [-0.15, -0.1) is 10.8 Å². The number of hydrogen-bond acceptors (Lipinski definition) is 5. The van der Waals surface area contributed by atoms with Crippen LogP contribution < -0.4 is 4.31 Å².